The Morgan fingerprint density at radius 2 is 2.03 bits per heavy atom. The first-order valence-corrected chi connectivity index (χ1v) is 10.0. The molecule has 0 saturated heterocycles. The first-order chi connectivity index (χ1) is 14.3. The summed E-state index contributed by atoms with van der Waals surface area (Å²) >= 11 is 0. The first-order valence-electron chi connectivity index (χ1n) is 10.0. The molecular formula is C23H22FN3O3. The number of H-pyrrole nitrogens is 1. The van der Waals surface area contributed by atoms with Gasteiger partial charge < -0.3 is 4.42 Å². The molecule has 30 heavy (non-hydrogen) atoms. The van der Waals surface area contributed by atoms with Gasteiger partial charge in [-0.1, -0.05) is 19.9 Å². The molecule has 2 aromatic heterocycles. The largest absolute Gasteiger partial charge is 0.464 e. The minimum Gasteiger partial charge on any atom is -0.464 e. The van der Waals surface area contributed by atoms with Crippen LogP contribution in [-0.2, 0) is 11.8 Å². The van der Waals surface area contributed by atoms with E-state index in [1.54, 1.807) is 36.0 Å². The molecule has 0 spiro atoms. The van der Waals surface area contributed by atoms with E-state index in [2.05, 4.69) is 5.10 Å². The normalized spacial score (nSPS) is 22.4. The topological polar surface area (TPSA) is 80.4 Å². The van der Waals surface area contributed by atoms with E-state index in [4.69, 9.17) is 9.41 Å². The van der Waals surface area contributed by atoms with Crippen LogP contribution in [0.25, 0.3) is 11.3 Å². The summed E-state index contributed by atoms with van der Waals surface area (Å²) in [7, 11) is 1.73. The Balaban J connectivity index is 1.75. The average molecular weight is 407 g/mol. The zero-order valence-corrected chi connectivity index (χ0v) is 17.0. The van der Waals surface area contributed by atoms with Gasteiger partial charge in [-0.3, -0.25) is 19.4 Å². The lowest BCUT2D eigenvalue weighted by atomic mass is 9.62. The van der Waals surface area contributed by atoms with E-state index in [1.165, 1.54) is 12.3 Å². The standard InChI is InChI=1S/C23H22FN3O3/c1-23(2)9-8-15-18(20(23)28)17(19-21(25-15)27(3)26-22(19)29)12-6-7-14(24)13(11-12)16-5-4-10-30-16/h4-7,10-11,17-18H,8-9H2,1-3H3,(H,26,29). The molecule has 7 heteroatoms. The van der Waals surface area contributed by atoms with E-state index >= 15 is 0 Å². The van der Waals surface area contributed by atoms with Gasteiger partial charge in [0.2, 0.25) is 0 Å². The van der Waals surface area contributed by atoms with Crippen molar-refractivity contribution in [2.24, 2.45) is 23.4 Å². The summed E-state index contributed by atoms with van der Waals surface area (Å²) in [6.07, 6.45) is 2.88. The van der Waals surface area contributed by atoms with Crippen LogP contribution >= 0.6 is 0 Å². The van der Waals surface area contributed by atoms with Crippen LogP contribution in [0, 0.1) is 17.2 Å². The van der Waals surface area contributed by atoms with Crippen molar-refractivity contribution in [1.82, 2.24) is 9.78 Å². The van der Waals surface area contributed by atoms with Crippen molar-refractivity contribution in [3.63, 3.8) is 0 Å². The molecule has 5 rings (SSSR count). The molecule has 1 N–H and O–H groups in total. The fourth-order valence-corrected chi connectivity index (χ4v) is 4.74. The van der Waals surface area contributed by atoms with Crippen molar-refractivity contribution in [2.45, 2.75) is 32.6 Å². The Bertz CT molecular complexity index is 1250. The Kier molecular flexibility index (Phi) is 4.00. The molecule has 0 bridgehead atoms. The highest BCUT2D eigenvalue weighted by Crippen LogP contribution is 2.48. The number of Topliss-reactive ketones (excluding diaryl/α,β-unsaturated/α-hetero) is 1. The number of halogens is 1. The second-order valence-electron chi connectivity index (χ2n) is 8.76. The molecule has 6 nitrogen and oxygen atoms in total. The van der Waals surface area contributed by atoms with Crippen LogP contribution in [0.3, 0.4) is 0 Å². The number of nitrogens with zero attached hydrogens (tertiary/aromatic N) is 2. The SMILES string of the molecule is Cn1[nH]c(=O)c2c1N=C1CCC(C)(C)C(=O)C1C2c1ccc(F)c(-c2ccco2)c1. The van der Waals surface area contributed by atoms with Crippen molar-refractivity contribution >= 4 is 17.3 Å². The second kappa shape index (κ2) is 6.39. The molecule has 154 valence electrons. The van der Waals surface area contributed by atoms with Gasteiger partial charge in [0.15, 0.2) is 5.82 Å². The van der Waals surface area contributed by atoms with Gasteiger partial charge >= 0.3 is 0 Å². The number of aliphatic imine (C=N–C) groups is 1. The first kappa shape index (κ1) is 18.8. The van der Waals surface area contributed by atoms with Gasteiger partial charge in [0.05, 0.1) is 23.3 Å². The van der Waals surface area contributed by atoms with E-state index in [-0.39, 0.29) is 11.3 Å². The summed E-state index contributed by atoms with van der Waals surface area (Å²) < 4.78 is 21.6. The Morgan fingerprint density at radius 1 is 1.23 bits per heavy atom. The van der Waals surface area contributed by atoms with Crippen molar-refractivity contribution in [3.05, 3.63) is 63.9 Å². The molecule has 2 atom stereocenters. The smallest absolute Gasteiger partial charge is 0.270 e. The van der Waals surface area contributed by atoms with E-state index in [9.17, 15) is 14.0 Å². The summed E-state index contributed by atoms with van der Waals surface area (Å²) in [5, 5.41) is 2.77. The van der Waals surface area contributed by atoms with Crippen LogP contribution in [0.4, 0.5) is 10.2 Å². The maximum Gasteiger partial charge on any atom is 0.270 e. The highest BCUT2D eigenvalue weighted by atomic mass is 19.1. The number of aromatic amines is 1. The van der Waals surface area contributed by atoms with Crippen LogP contribution in [0.2, 0.25) is 0 Å². The van der Waals surface area contributed by atoms with Crippen molar-refractivity contribution in [3.8, 4) is 11.3 Å². The molecule has 2 aliphatic rings. The second-order valence-corrected chi connectivity index (χ2v) is 8.76. The number of benzene rings is 1. The number of furan rings is 1. The minimum atomic E-state index is -0.542. The molecule has 0 amide bonds. The Labute approximate surface area is 172 Å². The number of hydrogen-bond acceptors (Lipinski definition) is 4. The third-order valence-electron chi connectivity index (χ3n) is 6.42. The summed E-state index contributed by atoms with van der Waals surface area (Å²) in [6, 6.07) is 8.09. The Morgan fingerprint density at radius 3 is 2.77 bits per heavy atom. The number of carbonyl (C=O) groups excluding carboxylic acids is 1. The lowest BCUT2D eigenvalue weighted by molar-refractivity contribution is -0.130. The van der Waals surface area contributed by atoms with E-state index in [0.29, 0.717) is 41.1 Å². The maximum absolute atomic E-state index is 14.6. The number of carbonyl (C=O) groups is 1. The van der Waals surface area contributed by atoms with Crippen LogP contribution in [0.1, 0.15) is 43.7 Å². The predicted octanol–water partition coefficient (Wildman–Crippen LogP) is 4.34. The minimum absolute atomic E-state index is 0.0651. The third-order valence-corrected chi connectivity index (χ3v) is 6.42. The molecule has 3 heterocycles. The fraction of sp³-hybridized carbons (Fsp3) is 0.348. The van der Waals surface area contributed by atoms with E-state index < -0.39 is 23.1 Å². The maximum atomic E-state index is 14.6. The molecule has 1 fully saturated rings. The van der Waals surface area contributed by atoms with Crippen LogP contribution in [0.5, 0.6) is 0 Å². The number of nitrogens with one attached hydrogen (secondary N) is 1. The van der Waals surface area contributed by atoms with Gasteiger partial charge in [-0.25, -0.2) is 9.38 Å². The summed E-state index contributed by atoms with van der Waals surface area (Å²) in [5.74, 6) is -0.492. The molecule has 1 saturated carbocycles. The molecule has 1 aliphatic carbocycles. The molecular weight excluding hydrogens is 385 g/mol. The number of hydrogen-bond donors (Lipinski definition) is 1. The average Bonchev–Trinajstić information content (AvgIpc) is 3.33. The van der Waals surface area contributed by atoms with Gasteiger partial charge in [-0.15, -0.1) is 0 Å². The summed E-state index contributed by atoms with van der Waals surface area (Å²) in [6.45, 7) is 3.87. The summed E-state index contributed by atoms with van der Waals surface area (Å²) in [4.78, 5) is 31.0. The van der Waals surface area contributed by atoms with E-state index in [1.807, 2.05) is 13.8 Å². The van der Waals surface area contributed by atoms with Crippen LogP contribution in [0.15, 0.2) is 50.8 Å². The molecule has 0 radical (unpaired) electrons. The zero-order chi connectivity index (χ0) is 21.2. The van der Waals surface area contributed by atoms with Crippen LogP contribution < -0.4 is 5.56 Å². The lowest BCUT2D eigenvalue weighted by Crippen LogP contribution is -2.45. The van der Waals surface area contributed by atoms with E-state index in [0.717, 1.165) is 5.71 Å². The highest BCUT2D eigenvalue weighted by molar-refractivity contribution is 6.12. The van der Waals surface area contributed by atoms with Gasteiger partial charge in [0.1, 0.15) is 17.4 Å². The number of aromatic nitrogens is 2. The monoisotopic (exact) mass is 407 g/mol. The van der Waals surface area contributed by atoms with Gasteiger partial charge in [0, 0.05) is 24.1 Å². The Hall–Kier alpha value is -3.22. The number of fused-ring (bicyclic) bond motifs is 2. The number of aryl methyl sites for hydroxylation is 1. The molecule has 1 aliphatic heterocycles. The van der Waals surface area contributed by atoms with Crippen molar-refractivity contribution < 1.29 is 13.6 Å². The molecule has 1 aromatic carbocycles. The molecule has 2 unspecified atom stereocenters. The predicted molar refractivity (Wildman–Crippen MR) is 111 cm³/mol. The third kappa shape index (κ3) is 2.65. The number of ketones is 1. The van der Waals surface area contributed by atoms with Gasteiger partial charge in [-0.05, 0) is 42.7 Å². The molecule has 3 aromatic rings. The van der Waals surface area contributed by atoms with Crippen molar-refractivity contribution in [1.29, 1.82) is 0 Å². The lowest BCUT2D eigenvalue weighted by Gasteiger charge is -2.40. The summed E-state index contributed by atoms with van der Waals surface area (Å²) in [5.41, 5.74) is 1.46. The van der Waals surface area contributed by atoms with Gasteiger partial charge in [-0.2, -0.15) is 0 Å². The van der Waals surface area contributed by atoms with Crippen molar-refractivity contribution in [2.75, 3.05) is 0 Å². The van der Waals surface area contributed by atoms with Gasteiger partial charge in [0.25, 0.3) is 5.56 Å². The highest BCUT2D eigenvalue weighted by Gasteiger charge is 2.49. The zero-order valence-electron chi connectivity index (χ0n) is 17.0. The fourth-order valence-electron chi connectivity index (χ4n) is 4.74. The quantitative estimate of drug-likeness (QED) is 0.686. The number of rotatable bonds is 2. The van der Waals surface area contributed by atoms with Crippen LogP contribution in [-0.4, -0.2) is 21.3 Å².